The van der Waals surface area contributed by atoms with Crippen LogP contribution in [0.2, 0.25) is 0 Å². The molecule has 1 aliphatic heterocycles. The van der Waals surface area contributed by atoms with Crippen molar-refractivity contribution in [2.24, 2.45) is 5.16 Å². The van der Waals surface area contributed by atoms with E-state index in [9.17, 15) is 22.0 Å². The van der Waals surface area contributed by atoms with Gasteiger partial charge in [-0.1, -0.05) is 5.16 Å². The van der Waals surface area contributed by atoms with Crippen molar-refractivity contribution in [3.63, 3.8) is 0 Å². The molecule has 0 saturated carbocycles. The first-order chi connectivity index (χ1) is 11.8. The lowest BCUT2D eigenvalue weighted by Crippen LogP contribution is -2.39. The highest BCUT2D eigenvalue weighted by molar-refractivity contribution is 7.91. The van der Waals surface area contributed by atoms with Crippen molar-refractivity contribution in [3.8, 4) is 5.75 Å². The summed E-state index contributed by atoms with van der Waals surface area (Å²) in [5, 5.41) is 3.63. The van der Waals surface area contributed by atoms with Crippen LogP contribution >= 0.6 is 0 Å². The van der Waals surface area contributed by atoms with Crippen LogP contribution in [0.15, 0.2) is 29.4 Å². The predicted molar refractivity (Wildman–Crippen MR) is 86.4 cm³/mol. The highest BCUT2D eigenvalue weighted by Crippen LogP contribution is 2.16. The number of hydrogen-bond acceptors (Lipinski definition) is 6. The molecule has 25 heavy (non-hydrogen) atoms. The Hall–Kier alpha value is -2.23. The average Bonchev–Trinajstić information content (AvgIpc) is 2.91. The molecule has 0 bridgehead atoms. The van der Waals surface area contributed by atoms with E-state index in [0.29, 0.717) is 12.0 Å². The molecule has 0 radical (unpaired) electrons. The van der Waals surface area contributed by atoms with Crippen LogP contribution in [0.4, 0.5) is 8.78 Å². The fourth-order valence-corrected chi connectivity index (χ4v) is 4.09. The van der Waals surface area contributed by atoms with Gasteiger partial charge >= 0.3 is 6.61 Å². The Bertz CT molecular complexity index is 722. The van der Waals surface area contributed by atoms with E-state index in [1.165, 1.54) is 42.4 Å². The fourth-order valence-electron chi connectivity index (χ4n) is 2.31. The van der Waals surface area contributed by atoms with Crippen molar-refractivity contribution in [3.05, 3.63) is 29.8 Å². The van der Waals surface area contributed by atoms with Gasteiger partial charge in [0.1, 0.15) is 5.75 Å². The van der Waals surface area contributed by atoms with Gasteiger partial charge in [-0.3, -0.25) is 4.79 Å². The molecule has 1 heterocycles. The Kier molecular flexibility index (Phi) is 6.29. The van der Waals surface area contributed by atoms with Crippen molar-refractivity contribution < 1.29 is 31.6 Å². The van der Waals surface area contributed by atoms with Gasteiger partial charge in [-0.05, 0) is 36.2 Å². The van der Waals surface area contributed by atoms with E-state index in [2.05, 4.69) is 9.89 Å². The normalized spacial score (nSPS) is 19.3. The predicted octanol–water partition coefficient (Wildman–Crippen LogP) is 1.28. The number of oxime groups is 1. The zero-order valence-corrected chi connectivity index (χ0v) is 14.3. The van der Waals surface area contributed by atoms with Crippen LogP contribution in [0.5, 0.6) is 5.75 Å². The number of amides is 1. The quantitative estimate of drug-likeness (QED) is 0.529. The van der Waals surface area contributed by atoms with Crippen LogP contribution in [0.3, 0.4) is 0 Å². The third-order valence-electron chi connectivity index (χ3n) is 3.72. The maximum absolute atomic E-state index is 12.0. The number of hydrogen-bond donors (Lipinski definition) is 0. The van der Waals surface area contributed by atoms with Crippen LogP contribution in [0.1, 0.15) is 12.0 Å². The molecule has 1 saturated heterocycles. The van der Waals surface area contributed by atoms with E-state index in [4.69, 9.17) is 4.84 Å². The van der Waals surface area contributed by atoms with E-state index in [1.807, 2.05) is 0 Å². The molecule has 0 N–H and O–H groups in total. The summed E-state index contributed by atoms with van der Waals surface area (Å²) < 4.78 is 51.1. The second-order valence-corrected chi connectivity index (χ2v) is 7.75. The Morgan fingerprint density at radius 2 is 2.08 bits per heavy atom. The molecule has 10 heteroatoms. The minimum absolute atomic E-state index is 0.0244. The van der Waals surface area contributed by atoms with Crippen LogP contribution in [-0.4, -0.2) is 63.3 Å². The molecule has 1 aromatic rings. The van der Waals surface area contributed by atoms with Gasteiger partial charge in [-0.15, -0.1) is 0 Å². The van der Waals surface area contributed by atoms with Crippen molar-refractivity contribution in [2.45, 2.75) is 19.1 Å². The number of nitrogens with zero attached hydrogens (tertiary/aromatic N) is 2. The topological polar surface area (TPSA) is 85.3 Å². The van der Waals surface area contributed by atoms with Gasteiger partial charge in [-0.25, -0.2) is 8.42 Å². The first kappa shape index (κ1) is 19.1. The molecule has 0 aromatic heterocycles. The van der Waals surface area contributed by atoms with E-state index in [-0.39, 0.29) is 35.8 Å². The van der Waals surface area contributed by atoms with Crippen LogP contribution in [0.25, 0.3) is 0 Å². The number of sulfone groups is 1. The van der Waals surface area contributed by atoms with Gasteiger partial charge in [0, 0.05) is 13.1 Å². The lowest BCUT2D eigenvalue weighted by Gasteiger charge is -2.22. The number of likely N-dealkylation sites (N-methyl/N-ethyl adjacent to an activating group) is 1. The van der Waals surface area contributed by atoms with E-state index >= 15 is 0 Å². The SMILES string of the molecule is CN(C(=O)CON=Cc1ccc(OC(F)F)cc1)C1CCS(=O)(=O)C1. The highest BCUT2D eigenvalue weighted by atomic mass is 32.2. The number of alkyl halides is 2. The van der Waals surface area contributed by atoms with E-state index in [0.717, 1.165) is 0 Å². The number of carbonyl (C=O) groups is 1. The molecule has 1 fully saturated rings. The van der Waals surface area contributed by atoms with Crippen LogP contribution in [0, 0.1) is 0 Å². The van der Waals surface area contributed by atoms with Gasteiger partial charge < -0.3 is 14.5 Å². The average molecular weight is 376 g/mol. The number of carbonyl (C=O) groups excluding carboxylic acids is 1. The minimum atomic E-state index is -3.07. The van der Waals surface area contributed by atoms with E-state index in [1.54, 1.807) is 0 Å². The molecule has 1 atom stereocenters. The molecule has 1 aliphatic rings. The van der Waals surface area contributed by atoms with Gasteiger partial charge in [0.15, 0.2) is 16.4 Å². The van der Waals surface area contributed by atoms with Crippen molar-refractivity contribution in [1.82, 2.24) is 4.90 Å². The summed E-state index contributed by atoms with van der Waals surface area (Å²) in [6.45, 7) is -3.21. The summed E-state index contributed by atoms with van der Waals surface area (Å²) in [5.74, 6) is -0.304. The summed E-state index contributed by atoms with van der Waals surface area (Å²) in [4.78, 5) is 18.2. The summed E-state index contributed by atoms with van der Waals surface area (Å²) >= 11 is 0. The van der Waals surface area contributed by atoms with Crippen molar-refractivity contribution in [2.75, 3.05) is 25.2 Å². The second kappa shape index (κ2) is 8.24. The first-order valence-corrected chi connectivity index (χ1v) is 9.25. The number of rotatable bonds is 7. The monoisotopic (exact) mass is 376 g/mol. The molecular formula is C15H18F2N2O5S. The van der Waals surface area contributed by atoms with Gasteiger partial charge in [0.2, 0.25) is 0 Å². The van der Waals surface area contributed by atoms with Crippen molar-refractivity contribution in [1.29, 1.82) is 0 Å². The Balaban J connectivity index is 1.77. The van der Waals surface area contributed by atoms with Crippen LogP contribution < -0.4 is 4.74 Å². The maximum atomic E-state index is 12.0. The minimum Gasteiger partial charge on any atom is -0.435 e. The molecular weight excluding hydrogens is 358 g/mol. The zero-order chi connectivity index (χ0) is 18.4. The number of benzene rings is 1. The standard InChI is InChI=1S/C15H18F2N2O5S/c1-19(12-6-7-25(21,22)10-12)14(20)9-23-18-8-11-2-4-13(5-3-11)24-15(16)17/h2-5,8,12,15H,6-7,9-10H2,1H3. The zero-order valence-electron chi connectivity index (χ0n) is 13.5. The molecule has 1 aromatic carbocycles. The molecule has 1 amide bonds. The number of ether oxygens (including phenoxy) is 1. The smallest absolute Gasteiger partial charge is 0.387 e. The summed E-state index contributed by atoms with van der Waals surface area (Å²) in [6.07, 6.45) is 1.74. The third kappa shape index (κ3) is 5.96. The summed E-state index contributed by atoms with van der Waals surface area (Å²) in [7, 11) is -1.54. The molecule has 7 nitrogen and oxygen atoms in total. The van der Waals surface area contributed by atoms with Gasteiger partial charge in [-0.2, -0.15) is 8.78 Å². The molecule has 2 rings (SSSR count). The molecule has 0 aliphatic carbocycles. The molecule has 138 valence electrons. The molecule has 1 unspecified atom stereocenters. The Morgan fingerprint density at radius 3 is 2.64 bits per heavy atom. The van der Waals surface area contributed by atoms with E-state index < -0.39 is 16.4 Å². The van der Waals surface area contributed by atoms with Crippen LogP contribution in [-0.2, 0) is 19.5 Å². The lowest BCUT2D eigenvalue weighted by atomic mass is 10.2. The lowest BCUT2D eigenvalue weighted by molar-refractivity contribution is -0.136. The molecule has 0 spiro atoms. The highest BCUT2D eigenvalue weighted by Gasteiger charge is 2.32. The summed E-state index contributed by atoms with van der Waals surface area (Å²) in [5.41, 5.74) is 0.573. The van der Waals surface area contributed by atoms with Gasteiger partial charge in [0.25, 0.3) is 5.91 Å². The Morgan fingerprint density at radius 1 is 1.40 bits per heavy atom. The fraction of sp³-hybridized carbons (Fsp3) is 0.467. The first-order valence-electron chi connectivity index (χ1n) is 7.43. The number of halogens is 2. The maximum Gasteiger partial charge on any atom is 0.387 e. The largest absolute Gasteiger partial charge is 0.435 e. The Labute approximate surface area is 144 Å². The third-order valence-corrected chi connectivity index (χ3v) is 5.47. The summed E-state index contributed by atoms with van der Waals surface area (Å²) in [6, 6.07) is 5.37. The van der Waals surface area contributed by atoms with Crippen molar-refractivity contribution >= 4 is 22.0 Å². The second-order valence-electron chi connectivity index (χ2n) is 5.52. The van der Waals surface area contributed by atoms with Gasteiger partial charge in [0.05, 0.1) is 17.7 Å².